The van der Waals surface area contributed by atoms with Gasteiger partial charge >= 0.3 is 18.2 Å². The van der Waals surface area contributed by atoms with Crippen molar-refractivity contribution < 1.29 is 27.2 Å². The van der Waals surface area contributed by atoms with Gasteiger partial charge in [-0.25, -0.2) is 9.78 Å². The predicted octanol–water partition coefficient (Wildman–Crippen LogP) is 3.94. The SMILES string of the molecule is C=C(CN(C)C(=O)OC(C)(C)C)Nc1ccc(-c2noc(C(F)(F)F)n2)cn1. The number of ether oxygens (including phenoxy) is 1. The maximum absolute atomic E-state index is 12.5. The van der Waals surface area contributed by atoms with Crippen LogP contribution in [0.5, 0.6) is 0 Å². The molecule has 11 heteroatoms. The summed E-state index contributed by atoms with van der Waals surface area (Å²) in [7, 11) is 1.56. The molecule has 1 N–H and O–H groups in total. The predicted molar refractivity (Wildman–Crippen MR) is 94.2 cm³/mol. The maximum atomic E-state index is 12.5. The second-order valence-corrected chi connectivity index (χ2v) is 6.92. The van der Waals surface area contributed by atoms with Crippen molar-refractivity contribution in [1.29, 1.82) is 0 Å². The molecule has 0 fully saturated rings. The summed E-state index contributed by atoms with van der Waals surface area (Å²) in [6.45, 7) is 9.27. The lowest BCUT2D eigenvalue weighted by Gasteiger charge is -2.25. The fraction of sp³-hybridized carbons (Fsp3) is 0.412. The molecule has 2 aromatic heterocycles. The molecule has 0 saturated carbocycles. The van der Waals surface area contributed by atoms with Gasteiger partial charge in [0.25, 0.3) is 0 Å². The number of amides is 1. The van der Waals surface area contributed by atoms with E-state index in [1.54, 1.807) is 27.8 Å². The van der Waals surface area contributed by atoms with E-state index in [0.29, 0.717) is 11.5 Å². The van der Waals surface area contributed by atoms with Crippen LogP contribution in [0.25, 0.3) is 11.4 Å². The molecule has 0 unspecified atom stereocenters. The van der Waals surface area contributed by atoms with Gasteiger partial charge in [-0.05, 0) is 32.9 Å². The van der Waals surface area contributed by atoms with Gasteiger partial charge in [-0.2, -0.15) is 18.2 Å². The molecule has 0 bridgehead atoms. The van der Waals surface area contributed by atoms with Crippen LogP contribution in [-0.4, -0.2) is 45.3 Å². The van der Waals surface area contributed by atoms with E-state index in [2.05, 4.69) is 31.5 Å². The molecule has 2 rings (SSSR count). The minimum absolute atomic E-state index is 0.165. The first-order chi connectivity index (χ1) is 12.8. The Hall–Kier alpha value is -3.11. The van der Waals surface area contributed by atoms with Gasteiger partial charge in [0.2, 0.25) is 5.82 Å². The smallest absolute Gasteiger partial charge is 0.444 e. The molecule has 2 aromatic rings. The van der Waals surface area contributed by atoms with Gasteiger partial charge in [-0.1, -0.05) is 11.7 Å². The molecule has 1 amide bonds. The van der Waals surface area contributed by atoms with Crippen LogP contribution in [0.2, 0.25) is 0 Å². The molecule has 0 aliphatic carbocycles. The highest BCUT2D eigenvalue weighted by molar-refractivity contribution is 5.68. The highest BCUT2D eigenvalue weighted by atomic mass is 19.4. The summed E-state index contributed by atoms with van der Waals surface area (Å²) in [5.74, 6) is -1.27. The number of alkyl halides is 3. The number of pyridine rings is 1. The van der Waals surface area contributed by atoms with Gasteiger partial charge in [0.15, 0.2) is 0 Å². The Kier molecular flexibility index (Phi) is 5.95. The normalized spacial score (nSPS) is 11.8. The summed E-state index contributed by atoms with van der Waals surface area (Å²) >= 11 is 0. The van der Waals surface area contributed by atoms with Crippen LogP contribution in [0.15, 0.2) is 35.1 Å². The van der Waals surface area contributed by atoms with Crippen LogP contribution in [0.3, 0.4) is 0 Å². The van der Waals surface area contributed by atoms with E-state index >= 15 is 0 Å². The Labute approximate surface area is 159 Å². The highest BCUT2D eigenvalue weighted by Crippen LogP contribution is 2.29. The van der Waals surface area contributed by atoms with Gasteiger partial charge < -0.3 is 19.5 Å². The molecule has 0 aliphatic heterocycles. The molecule has 0 spiro atoms. The van der Waals surface area contributed by atoms with Crippen LogP contribution >= 0.6 is 0 Å². The third-order valence-corrected chi connectivity index (χ3v) is 3.13. The van der Waals surface area contributed by atoms with Crippen molar-refractivity contribution in [2.75, 3.05) is 18.9 Å². The maximum Gasteiger partial charge on any atom is 0.471 e. The first-order valence-corrected chi connectivity index (χ1v) is 8.11. The number of halogens is 3. The molecular weight excluding hydrogens is 379 g/mol. The molecule has 0 aliphatic rings. The van der Waals surface area contributed by atoms with Crippen molar-refractivity contribution in [1.82, 2.24) is 20.0 Å². The van der Waals surface area contributed by atoms with E-state index in [1.807, 2.05) is 0 Å². The van der Waals surface area contributed by atoms with Crippen molar-refractivity contribution in [3.05, 3.63) is 36.5 Å². The summed E-state index contributed by atoms with van der Waals surface area (Å²) < 4.78 is 47.0. The zero-order chi connectivity index (χ0) is 21.1. The Morgan fingerprint density at radius 1 is 1.32 bits per heavy atom. The average molecular weight is 399 g/mol. The fourth-order valence-corrected chi connectivity index (χ4v) is 1.97. The van der Waals surface area contributed by atoms with Gasteiger partial charge in [0.05, 0.1) is 6.54 Å². The van der Waals surface area contributed by atoms with E-state index in [9.17, 15) is 18.0 Å². The lowest BCUT2D eigenvalue weighted by atomic mass is 10.2. The molecule has 0 aromatic carbocycles. The van der Waals surface area contributed by atoms with E-state index in [4.69, 9.17) is 4.74 Å². The quantitative estimate of drug-likeness (QED) is 0.814. The van der Waals surface area contributed by atoms with Crippen molar-refractivity contribution >= 4 is 11.9 Å². The van der Waals surface area contributed by atoms with E-state index in [-0.39, 0.29) is 17.9 Å². The molecule has 8 nitrogen and oxygen atoms in total. The van der Waals surface area contributed by atoms with Crippen molar-refractivity contribution in [2.24, 2.45) is 0 Å². The standard InChI is InChI=1S/C17H20F3N5O3/c1-10(9-25(5)15(26)27-16(2,3)4)22-12-7-6-11(8-21-12)13-23-14(28-24-13)17(18,19)20/h6-8H,1,9H2,2-5H3,(H,21,22). The van der Waals surface area contributed by atoms with Crippen LogP contribution < -0.4 is 5.32 Å². The minimum Gasteiger partial charge on any atom is -0.444 e. The van der Waals surface area contributed by atoms with Gasteiger partial charge in [0, 0.05) is 24.5 Å². The fourth-order valence-electron chi connectivity index (χ4n) is 1.97. The summed E-state index contributed by atoms with van der Waals surface area (Å²) in [5.41, 5.74) is 0.104. The monoisotopic (exact) mass is 399 g/mol. The average Bonchev–Trinajstić information content (AvgIpc) is 3.04. The van der Waals surface area contributed by atoms with Gasteiger partial charge in [-0.3, -0.25) is 0 Å². The van der Waals surface area contributed by atoms with E-state index in [0.717, 1.165) is 0 Å². The number of nitrogens with zero attached hydrogens (tertiary/aromatic N) is 4. The zero-order valence-electron chi connectivity index (χ0n) is 15.8. The summed E-state index contributed by atoms with van der Waals surface area (Å²) in [6, 6.07) is 2.99. The van der Waals surface area contributed by atoms with Crippen LogP contribution in [0.1, 0.15) is 26.7 Å². The number of aromatic nitrogens is 3. The molecule has 28 heavy (non-hydrogen) atoms. The van der Waals surface area contributed by atoms with Gasteiger partial charge in [-0.15, -0.1) is 0 Å². The number of likely N-dealkylation sites (N-methyl/N-ethyl adjacent to an activating group) is 1. The van der Waals surface area contributed by atoms with Gasteiger partial charge in [0.1, 0.15) is 11.4 Å². The van der Waals surface area contributed by atoms with Crippen LogP contribution in [0.4, 0.5) is 23.8 Å². The number of anilines is 1. The van der Waals surface area contributed by atoms with Crippen LogP contribution in [0, 0.1) is 0 Å². The second kappa shape index (κ2) is 7.87. The number of carbonyl (C=O) groups is 1. The Morgan fingerprint density at radius 2 is 2.00 bits per heavy atom. The molecular formula is C17H20F3N5O3. The topological polar surface area (TPSA) is 93.4 Å². The van der Waals surface area contributed by atoms with Crippen molar-refractivity contribution in [3.63, 3.8) is 0 Å². The lowest BCUT2D eigenvalue weighted by Crippen LogP contribution is -2.35. The van der Waals surface area contributed by atoms with Crippen molar-refractivity contribution in [3.8, 4) is 11.4 Å². The first kappa shape index (κ1) is 21.2. The van der Waals surface area contributed by atoms with Crippen LogP contribution in [-0.2, 0) is 10.9 Å². The second-order valence-electron chi connectivity index (χ2n) is 6.92. The number of hydrogen-bond donors (Lipinski definition) is 1. The summed E-state index contributed by atoms with van der Waals surface area (Å²) in [6.07, 6.45) is -3.92. The number of hydrogen-bond acceptors (Lipinski definition) is 7. The lowest BCUT2D eigenvalue weighted by molar-refractivity contribution is -0.159. The minimum atomic E-state index is -4.71. The van der Waals surface area contributed by atoms with E-state index in [1.165, 1.54) is 23.2 Å². The molecule has 152 valence electrons. The number of nitrogens with one attached hydrogen (secondary N) is 1. The Morgan fingerprint density at radius 3 is 2.50 bits per heavy atom. The van der Waals surface area contributed by atoms with E-state index < -0.39 is 23.8 Å². The molecule has 0 atom stereocenters. The third-order valence-electron chi connectivity index (χ3n) is 3.13. The summed E-state index contributed by atoms with van der Waals surface area (Å²) in [5, 5.41) is 6.19. The highest BCUT2D eigenvalue weighted by Gasteiger charge is 2.38. The molecule has 2 heterocycles. The first-order valence-electron chi connectivity index (χ1n) is 8.11. The Bertz CT molecular complexity index is 841. The summed E-state index contributed by atoms with van der Waals surface area (Å²) in [4.78, 5) is 20.6. The number of rotatable bonds is 5. The molecule has 0 saturated heterocycles. The van der Waals surface area contributed by atoms with Crippen molar-refractivity contribution in [2.45, 2.75) is 32.5 Å². The largest absolute Gasteiger partial charge is 0.471 e. The Balaban J connectivity index is 1.96. The molecule has 0 radical (unpaired) electrons. The third kappa shape index (κ3) is 5.96. The zero-order valence-corrected chi connectivity index (χ0v) is 15.8. The number of carbonyl (C=O) groups excluding carboxylic acids is 1.